The van der Waals surface area contributed by atoms with Crippen LogP contribution in [0.15, 0.2) is 16.8 Å². The second-order valence-corrected chi connectivity index (χ2v) is 5.35. The van der Waals surface area contributed by atoms with E-state index in [1.165, 1.54) is 0 Å². The normalized spacial score (nSPS) is 11.1. The van der Waals surface area contributed by atoms with Crippen LogP contribution in [0.5, 0.6) is 0 Å². The number of aromatic nitrogens is 3. The first-order chi connectivity index (χ1) is 9.47. The van der Waals surface area contributed by atoms with Gasteiger partial charge in [-0.1, -0.05) is 30.6 Å². The van der Waals surface area contributed by atoms with Crippen molar-refractivity contribution >= 4 is 17.5 Å². The first kappa shape index (κ1) is 14.6. The van der Waals surface area contributed by atoms with Crippen molar-refractivity contribution in [2.45, 2.75) is 26.2 Å². The lowest BCUT2D eigenvalue weighted by molar-refractivity contribution is 0.0790. The number of rotatable bonds is 5. The molecule has 6 nitrogen and oxygen atoms in total. The number of amides is 1. The summed E-state index contributed by atoms with van der Waals surface area (Å²) in [6.07, 6.45) is 2.13. The van der Waals surface area contributed by atoms with Crippen LogP contribution in [0.4, 0.5) is 0 Å². The van der Waals surface area contributed by atoms with Crippen LogP contribution in [0.3, 0.4) is 0 Å². The van der Waals surface area contributed by atoms with Gasteiger partial charge in [-0.05, 0) is 6.07 Å². The summed E-state index contributed by atoms with van der Waals surface area (Å²) in [5, 5.41) is 4.41. The lowest BCUT2D eigenvalue weighted by Crippen LogP contribution is -2.29. The third-order valence-corrected chi connectivity index (χ3v) is 3.09. The Kier molecular flexibility index (Phi) is 4.44. The number of H-pyrrole nitrogens is 1. The van der Waals surface area contributed by atoms with E-state index in [9.17, 15) is 4.79 Å². The maximum Gasteiger partial charge on any atom is 0.270 e. The minimum Gasteiger partial charge on any atom is -0.356 e. The second-order valence-electron chi connectivity index (χ2n) is 4.91. The third kappa shape index (κ3) is 3.39. The van der Waals surface area contributed by atoms with Crippen LogP contribution >= 0.6 is 11.6 Å². The lowest BCUT2D eigenvalue weighted by atomic mass is 10.2. The average molecular weight is 297 g/mol. The molecule has 20 heavy (non-hydrogen) atoms. The minimum absolute atomic E-state index is 0.121. The molecule has 0 aliphatic carbocycles. The smallest absolute Gasteiger partial charge is 0.270 e. The van der Waals surface area contributed by atoms with Crippen molar-refractivity contribution in [3.63, 3.8) is 0 Å². The van der Waals surface area contributed by atoms with Crippen molar-refractivity contribution in [2.75, 3.05) is 13.6 Å². The van der Waals surface area contributed by atoms with Crippen molar-refractivity contribution in [1.82, 2.24) is 20.0 Å². The number of nitrogens with one attached hydrogen (secondary N) is 1. The Bertz CT molecular complexity index is 591. The van der Waals surface area contributed by atoms with Crippen LogP contribution < -0.4 is 0 Å². The Hall–Kier alpha value is -1.82. The summed E-state index contributed by atoms with van der Waals surface area (Å²) in [5.41, 5.74) is 0.466. The van der Waals surface area contributed by atoms with Gasteiger partial charge in [0.2, 0.25) is 5.89 Å². The van der Waals surface area contributed by atoms with Gasteiger partial charge >= 0.3 is 0 Å². The SMILES string of the molecule is CC(C)c1nc(CCN(C)C(=O)c2cc(Cl)c[nH]2)no1. The van der Waals surface area contributed by atoms with Crippen molar-refractivity contribution in [2.24, 2.45) is 0 Å². The molecule has 1 amide bonds. The monoisotopic (exact) mass is 296 g/mol. The van der Waals surface area contributed by atoms with Gasteiger partial charge in [-0.3, -0.25) is 4.79 Å². The van der Waals surface area contributed by atoms with Gasteiger partial charge in [0, 0.05) is 32.1 Å². The summed E-state index contributed by atoms with van der Waals surface area (Å²) in [6.45, 7) is 4.48. The molecular formula is C13H17ClN4O2. The van der Waals surface area contributed by atoms with Crippen LogP contribution in [0.25, 0.3) is 0 Å². The molecule has 7 heteroatoms. The molecule has 0 saturated heterocycles. The Morgan fingerprint density at radius 2 is 2.30 bits per heavy atom. The second kappa shape index (κ2) is 6.09. The summed E-state index contributed by atoms with van der Waals surface area (Å²) in [5.74, 6) is 1.31. The molecule has 2 rings (SSSR count). The van der Waals surface area contributed by atoms with Gasteiger partial charge in [0.05, 0.1) is 5.02 Å². The number of likely N-dealkylation sites (N-methyl/N-ethyl adjacent to an activating group) is 1. The van der Waals surface area contributed by atoms with Gasteiger partial charge in [0.1, 0.15) is 5.69 Å². The number of halogens is 1. The third-order valence-electron chi connectivity index (χ3n) is 2.87. The van der Waals surface area contributed by atoms with Gasteiger partial charge in [-0.25, -0.2) is 0 Å². The van der Waals surface area contributed by atoms with Crippen LogP contribution in [0.2, 0.25) is 5.02 Å². The van der Waals surface area contributed by atoms with E-state index in [2.05, 4.69) is 15.1 Å². The number of hydrogen-bond acceptors (Lipinski definition) is 4. The molecule has 2 aromatic heterocycles. The molecule has 0 radical (unpaired) electrons. The topological polar surface area (TPSA) is 75.0 Å². The first-order valence-corrected chi connectivity index (χ1v) is 6.77. The fourth-order valence-electron chi connectivity index (χ4n) is 1.67. The molecule has 0 aromatic carbocycles. The van der Waals surface area contributed by atoms with E-state index in [-0.39, 0.29) is 11.8 Å². The number of nitrogens with zero attached hydrogens (tertiary/aromatic N) is 3. The zero-order chi connectivity index (χ0) is 14.7. The lowest BCUT2D eigenvalue weighted by Gasteiger charge is -2.14. The molecule has 108 valence electrons. The summed E-state index contributed by atoms with van der Waals surface area (Å²) >= 11 is 5.78. The minimum atomic E-state index is -0.121. The summed E-state index contributed by atoms with van der Waals surface area (Å²) in [6, 6.07) is 1.60. The molecule has 1 N–H and O–H groups in total. The summed E-state index contributed by atoms with van der Waals surface area (Å²) in [7, 11) is 1.72. The summed E-state index contributed by atoms with van der Waals surface area (Å²) in [4.78, 5) is 20.8. The number of hydrogen-bond donors (Lipinski definition) is 1. The van der Waals surface area contributed by atoms with Crippen LogP contribution in [-0.4, -0.2) is 39.5 Å². The largest absolute Gasteiger partial charge is 0.356 e. The fourth-order valence-corrected chi connectivity index (χ4v) is 1.83. The van der Waals surface area contributed by atoms with Crippen molar-refractivity contribution in [3.05, 3.63) is 34.7 Å². The fraction of sp³-hybridized carbons (Fsp3) is 0.462. The molecule has 0 bridgehead atoms. The highest BCUT2D eigenvalue weighted by atomic mass is 35.5. The zero-order valence-corrected chi connectivity index (χ0v) is 12.4. The van der Waals surface area contributed by atoms with E-state index in [1.54, 1.807) is 24.2 Å². The maximum atomic E-state index is 12.1. The summed E-state index contributed by atoms with van der Waals surface area (Å²) < 4.78 is 5.12. The highest BCUT2D eigenvalue weighted by Crippen LogP contribution is 2.13. The molecule has 0 aliphatic heterocycles. The number of carbonyl (C=O) groups is 1. The highest BCUT2D eigenvalue weighted by Gasteiger charge is 2.15. The van der Waals surface area contributed by atoms with E-state index in [0.717, 1.165) is 0 Å². The average Bonchev–Trinajstić information content (AvgIpc) is 3.03. The molecule has 2 heterocycles. The first-order valence-electron chi connectivity index (χ1n) is 6.39. The predicted molar refractivity (Wildman–Crippen MR) is 74.9 cm³/mol. The number of aromatic amines is 1. The molecule has 0 spiro atoms. The Balaban J connectivity index is 1.91. The highest BCUT2D eigenvalue weighted by molar-refractivity contribution is 6.30. The molecule has 0 atom stereocenters. The van der Waals surface area contributed by atoms with Crippen molar-refractivity contribution < 1.29 is 9.32 Å². The van der Waals surface area contributed by atoms with Gasteiger partial charge in [0.15, 0.2) is 5.82 Å². The predicted octanol–water partition coefficient (Wildman–Crippen LogP) is 2.49. The maximum absolute atomic E-state index is 12.1. The molecule has 0 unspecified atom stereocenters. The zero-order valence-electron chi connectivity index (χ0n) is 11.7. The van der Waals surface area contributed by atoms with Gasteiger partial charge < -0.3 is 14.4 Å². The van der Waals surface area contributed by atoms with Crippen LogP contribution in [-0.2, 0) is 6.42 Å². The number of carbonyl (C=O) groups excluding carboxylic acids is 1. The molecule has 0 saturated carbocycles. The van der Waals surface area contributed by atoms with E-state index < -0.39 is 0 Å². The van der Waals surface area contributed by atoms with E-state index >= 15 is 0 Å². The molecular weight excluding hydrogens is 280 g/mol. The van der Waals surface area contributed by atoms with E-state index in [1.807, 2.05) is 13.8 Å². The molecule has 0 fully saturated rings. The van der Waals surface area contributed by atoms with Gasteiger partial charge in [0.25, 0.3) is 5.91 Å². The van der Waals surface area contributed by atoms with Crippen molar-refractivity contribution in [1.29, 1.82) is 0 Å². The van der Waals surface area contributed by atoms with Crippen molar-refractivity contribution in [3.8, 4) is 0 Å². The quantitative estimate of drug-likeness (QED) is 0.920. The molecule has 0 aliphatic rings. The van der Waals surface area contributed by atoms with E-state index in [0.29, 0.717) is 35.4 Å². The Labute approximate surface area is 122 Å². The van der Waals surface area contributed by atoms with Gasteiger partial charge in [-0.2, -0.15) is 4.98 Å². The van der Waals surface area contributed by atoms with Crippen LogP contribution in [0, 0.1) is 0 Å². The van der Waals surface area contributed by atoms with E-state index in [4.69, 9.17) is 16.1 Å². The Morgan fingerprint density at radius 1 is 1.55 bits per heavy atom. The standard InChI is InChI=1S/C13H17ClN4O2/c1-8(2)12-16-11(17-20-12)4-5-18(3)13(19)10-6-9(14)7-15-10/h6-8,15H,4-5H2,1-3H3. The van der Waals surface area contributed by atoms with Crippen LogP contribution in [0.1, 0.15) is 42.0 Å². The molecule has 2 aromatic rings. The Morgan fingerprint density at radius 3 is 2.85 bits per heavy atom. The van der Waals surface area contributed by atoms with Gasteiger partial charge in [-0.15, -0.1) is 0 Å².